The topological polar surface area (TPSA) is 26.3 Å². The van der Waals surface area contributed by atoms with E-state index in [1.165, 1.54) is 0 Å². The number of hydrogen-bond acceptors (Lipinski definition) is 2. The molecule has 2 heteroatoms. The third kappa shape index (κ3) is 1.94. The predicted octanol–water partition coefficient (Wildman–Crippen LogP) is 3.93. The largest absolute Gasteiger partial charge is 0.425 e. The summed E-state index contributed by atoms with van der Waals surface area (Å²) in [5.41, 5.74) is 1.26. The Morgan fingerprint density at radius 3 is 2.15 bits per heavy atom. The van der Waals surface area contributed by atoms with Crippen LogP contribution in [0.3, 0.4) is 0 Å². The van der Waals surface area contributed by atoms with E-state index in [1.54, 1.807) is 0 Å². The van der Waals surface area contributed by atoms with Crippen molar-refractivity contribution in [2.45, 2.75) is 18.8 Å². The number of hydrogen-bond donors (Lipinski definition) is 0. The number of carbonyl (C=O) groups excluding carboxylic acids is 1. The van der Waals surface area contributed by atoms with Gasteiger partial charge < -0.3 is 4.74 Å². The van der Waals surface area contributed by atoms with Gasteiger partial charge in [0.25, 0.3) is 0 Å². The van der Waals surface area contributed by atoms with Crippen LogP contribution < -0.4 is 0 Å². The van der Waals surface area contributed by atoms with Crippen molar-refractivity contribution >= 4 is 11.7 Å². The molecular formula is C18H16O2. The predicted molar refractivity (Wildman–Crippen MR) is 78.9 cm³/mol. The lowest BCUT2D eigenvalue weighted by molar-refractivity contribution is -0.139. The first-order chi connectivity index (χ1) is 9.76. The van der Waals surface area contributed by atoms with Gasteiger partial charge in [-0.25, -0.2) is 0 Å². The third-order valence-electron chi connectivity index (χ3n) is 3.85. The number of ether oxygens (including phenoxy) is 1. The second kappa shape index (κ2) is 4.97. The van der Waals surface area contributed by atoms with Crippen molar-refractivity contribution in [2.24, 2.45) is 0 Å². The van der Waals surface area contributed by atoms with Crippen molar-refractivity contribution in [3.05, 3.63) is 77.9 Å². The summed E-state index contributed by atoms with van der Waals surface area (Å²) in [4.78, 5) is 12.4. The Kier molecular flexibility index (Phi) is 3.15. The quantitative estimate of drug-likeness (QED) is 0.785. The minimum Gasteiger partial charge on any atom is -0.425 e. The molecule has 0 spiro atoms. The summed E-state index contributed by atoms with van der Waals surface area (Å²) in [6.07, 6.45) is 2.65. The van der Waals surface area contributed by atoms with E-state index in [0.717, 1.165) is 11.1 Å². The van der Waals surface area contributed by atoms with E-state index in [9.17, 15) is 4.79 Å². The van der Waals surface area contributed by atoms with Crippen LogP contribution >= 0.6 is 0 Å². The van der Waals surface area contributed by atoms with Gasteiger partial charge in [0.05, 0.1) is 0 Å². The molecule has 0 aromatic heterocycles. The summed E-state index contributed by atoms with van der Waals surface area (Å²) in [6.45, 7) is 2.01. The molecule has 2 aromatic carbocycles. The van der Waals surface area contributed by atoms with Gasteiger partial charge in [-0.2, -0.15) is 0 Å². The molecule has 0 N–H and O–H groups in total. The van der Waals surface area contributed by atoms with Gasteiger partial charge in [-0.3, -0.25) is 4.79 Å². The van der Waals surface area contributed by atoms with E-state index < -0.39 is 5.41 Å². The minimum absolute atomic E-state index is 0.190. The maximum atomic E-state index is 12.4. The Morgan fingerprint density at radius 1 is 0.950 bits per heavy atom. The number of benzene rings is 2. The van der Waals surface area contributed by atoms with Gasteiger partial charge in [-0.05, 0) is 18.1 Å². The van der Waals surface area contributed by atoms with Gasteiger partial charge in [-0.15, -0.1) is 0 Å². The summed E-state index contributed by atoms with van der Waals surface area (Å²) in [7, 11) is 0. The van der Waals surface area contributed by atoms with Gasteiger partial charge in [0.15, 0.2) is 0 Å². The SMILES string of the molecule is CCC1(c2ccccc2)C=C(c2ccccc2)OC1=O. The van der Waals surface area contributed by atoms with Crippen LogP contribution in [0.2, 0.25) is 0 Å². The summed E-state index contributed by atoms with van der Waals surface area (Å²) in [5, 5.41) is 0. The zero-order chi connectivity index (χ0) is 14.0. The molecule has 1 aliphatic heterocycles. The molecule has 1 heterocycles. The Bertz CT molecular complexity index is 644. The molecule has 20 heavy (non-hydrogen) atoms. The summed E-state index contributed by atoms with van der Waals surface area (Å²) in [6, 6.07) is 19.6. The zero-order valence-corrected chi connectivity index (χ0v) is 11.4. The molecule has 2 nitrogen and oxygen atoms in total. The minimum atomic E-state index is -0.660. The normalized spacial score (nSPS) is 21.4. The van der Waals surface area contributed by atoms with Gasteiger partial charge in [0.1, 0.15) is 11.2 Å². The van der Waals surface area contributed by atoms with E-state index in [4.69, 9.17) is 4.74 Å². The molecule has 100 valence electrons. The molecule has 0 fully saturated rings. The fourth-order valence-electron chi connectivity index (χ4n) is 2.64. The molecule has 1 unspecified atom stereocenters. The number of cyclic esters (lactones) is 1. The maximum absolute atomic E-state index is 12.4. The summed E-state index contributed by atoms with van der Waals surface area (Å²) >= 11 is 0. The third-order valence-corrected chi connectivity index (χ3v) is 3.85. The summed E-state index contributed by atoms with van der Waals surface area (Å²) in [5.74, 6) is 0.464. The molecule has 0 saturated carbocycles. The van der Waals surface area contributed by atoms with Crippen molar-refractivity contribution in [3.8, 4) is 0 Å². The van der Waals surface area contributed by atoms with Crippen molar-refractivity contribution in [2.75, 3.05) is 0 Å². The Balaban J connectivity index is 2.08. The highest BCUT2D eigenvalue weighted by molar-refractivity contribution is 5.96. The van der Waals surface area contributed by atoms with E-state index in [0.29, 0.717) is 12.2 Å². The highest BCUT2D eigenvalue weighted by Gasteiger charge is 2.44. The summed E-state index contributed by atoms with van der Waals surface area (Å²) < 4.78 is 5.53. The van der Waals surface area contributed by atoms with Crippen LogP contribution in [0.25, 0.3) is 5.76 Å². The monoisotopic (exact) mass is 264 g/mol. The fraction of sp³-hybridized carbons (Fsp3) is 0.167. The Labute approximate surface area is 118 Å². The van der Waals surface area contributed by atoms with Crippen LogP contribution in [0.5, 0.6) is 0 Å². The Morgan fingerprint density at radius 2 is 1.55 bits per heavy atom. The highest BCUT2D eigenvalue weighted by Crippen LogP contribution is 2.40. The van der Waals surface area contributed by atoms with Gasteiger partial charge in [0.2, 0.25) is 0 Å². The average molecular weight is 264 g/mol. The van der Waals surface area contributed by atoms with Crippen LogP contribution in [0.15, 0.2) is 66.7 Å². The lowest BCUT2D eigenvalue weighted by atomic mass is 9.78. The highest BCUT2D eigenvalue weighted by atomic mass is 16.5. The van der Waals surface area contributed by atoms with E-state index >= 15 is 0 Å². The van der Waals surface area contributed by atoms with E-state index in [1.807, 2.05) is 73.7 Å². The van der Waals surface area contributed by atoms with E-state index in [2.05, 4.69) is 0 Å². The molecule has 2 aromatic rings. The van der Waals surface area contributed by atoms with Gasteiger partial charge >= 0.3 is 5.97 Å². The molecule has 3 rings (SSSR count). The molecule has 1 atom stereocenters. The zero-order valence-electron chi connectivity index (χ0n) is 11.4. The van der Waals surface area contributed by atoms with Crippen LogP contribution in [-0.2, 0) is 14.9 Å². The molecule has 1 aliphatic rings. The lowest BCUT2D eigenvalue weighted by Gasteiger charge is -2.21. The molecule has 0 amide bonds. The second-order valence-electron chi connectivity index (χ2n) is 4.96. The molecule has 0 aliphatic carbocycles. The Hall–Kier alpha value is -2.35. The molecule has 0 bridgehead atoms. The molecular weight excluding hydrogens is 248 g/mol. The smallest absolute Gasteiger partial charge is 0.326 e. The lowest BCUT2D eigenvalue weighted by Crippen LogP contribution is -2.30. The van der Waals surface area contributed by atoms with E-state index in [-0.39, 0.29) is 5.97 Å². The maximum Gasteiger partial charge on any atom is 0.326 e. The van der Waals surface area contributed by atoms with Crippen LogP contribution in [0.4, 0.5) is 0 Å². The van der Waals surface area contributed by atoms with Crippen molar-refractivity contribution in [3.63, 3.8) is 0 Å². The first-order valence-corrected chi connectivity index (χ1v) is 6.82. The van der Waals surface area contributed by atoms with Crippen molar-refractivity contribution < 1.29 is 9.53 Å². The first-order valence-electron chi connectivity index (χ1n) is 6.82. The van der Waals surface area contributed by atoms with Crippen molar-refractivity contribution in [1.82, 2.24) is 0 Å². The second-order valence-corrected chi connectivity index (χ2v) is 4.96. The number of rotatable bonds is 3. The van der Waals surface area contributed by atoms with Gasteiger partial charge in [-0.1, -0.05) is 67.6 Å². The van der Waals surface area contributed by atoms with Crippen LogP contribution in [0, 0.1) is 0 Å². The van der Waals surface area contributed by atoms with Crippen molar-refractivity contribution in [1.29, 1.82) is 0 Å². The van der Waals surface area contributed by atoms with Gasteiger partial charge in [0, 0.05) is 5.56 Å². The van der Waals surface area contributed by atoms with Crippen LogP contribution in [-0.4, -0.2) is 5.97 Å². The number of carbonyl (C=O) groups is 1. The number of esters is 1. The first kappa shape index (κ1) is 12.7. The molecule has 0 saturated heterocycles. The van der Waals surface area contributed by atoms with Crippen LogP contribution in [0.1, 0.15) is 24.5 Å². The molecule has 0 radical (unpaired) electrons. The fourth-order valence-corrected chi connectivity index (χ4v) is 2.64. The standard InChI is InChI=1S/C18H16O2/c1-2-18(15-11-7-4-8-12-15)13-16(20-17(18)19)14-9-5-3-6-10-14/h3-13H,2H2,1H3. The average Bonchev–Trinajstić information content (AvgIpc) is 2.87.